The van der Waals surface area contributed by atoms with Gasteiger partial charge >= 0.3 is 0 Å². The number of carbonyl (C=O) groups excluding carboxylic acids is 8. The predicted molar refractivity (Wildman–Crippen MR) is 430 cm³/mol. The molecule has 0 heterocycles. The highest BCUT2D eigenvalue weighted by Gasteiger charge is 2.31. The molecule has 110 heavy (non-hydrogen) atoms. The molecule has 32 nitrogen and oxygen atoms in total. The second kappa shape index (κ2) is 43.1. The van der Waals surface area contributed by atoms with Gasteiger partial charge in [0.1, 0.15) is 58.1 Å². The van der Waals surface area contributed by atoms with Crippen LogP contribution in [0, 0.1) is 0 Å². The fourth-order valence-corrected chi connectivity index (χ4v) is 11.3. The van der Waals surface area contributed by atoms with E-state index in [0.29, 0.717) is 108 Å². The van der Waals surface area contributed by atoms with E-state index in [2.05, 4.69) is 42.5 Å². The average Bonchev–Trinajstić information content (AvgIpc) is 0.823. The van der Waals surface area contributed by atoms with Gasteiger partial charge in [-0.05, 0) is 122 Å². The number of nitrogens with one attached hydrogen (secondary N) is 8. The molecule has 0 bridgehead atoms. The highest BCUT2D eigenvalue weighted by Crippen LogP contribution is 2.40. The molecule has 32 heteroatoms. The van der Waals surface area contributed by atoms with Crippen LogP contribution in [0.15, 0.2) is 84.9 Å². The maximum Gasteiger partial charge on any atom is 0.244 e. The Kier molecular flexibility index (Phi) is 35.4. The number of amides is 8. The zero-order valence-electron chi connectivity index (χ0n) is 68.5. The van der Waals surface area contributed by atoms with Crippen molar-refractivity contribution >= 4 is 92.8 Å². The first kappa shape index (κ1) is 90.2. The third kappa shape index (κ3) is 24.8. The van der Waals surface area contributed by atoms with E-state index in [0.717, 1.165) is 0 Å². The predicted octanol–water partition coefficient (Wildman–Crippen LogP) is 6.63. The van der Waals surface area contributed by atoms with Crippen molar-refractivity contribution < 1.29 is 76.3 Å². The normalized spacial score (nSPS) is 13.5. The number of rotatable bonds is 44. The van der Waals surface area contributed by atoms with Gasteiger partial charge in [0.15, 0.2) is 0 Å². The Labute approximate surface area is 648 Å². The number of benzene rings is 5. The van der Waals surface area contributed by atoms with Gasteiger partial charge in [0.05, 0.1) is 139 Å². The maximum absolute atomic E-state index is 13.9. The van der Waals surface area contributed by atoms with Crippen LogP contribution in [-0.4, -0.2) is 300 Å². The van der Waals surface area contributed by atoms with Crippen LogP contribution in [0.3, 0.4) is 0 Å². The first-order chi connectivity index (χ1) is 52.1. The Morgan fingerprint density at radius 1 is 0.264 bits per heavy atom. The van der Waals surface area contributed by atoms with E-state index >= 15 is 0 Å². The summed E-state index contributed by atoms with van der Waals surface area (Å²) in [5.74, 6) is 0.662. The molecule has 5 aromatic carbocycles. The standard InChI is InChI=1S/C78H118N16O16/c1-47(79-57-41-67(107-21)59(43-65(57)105-19)83-73(97)51(5)89(11)35-33-87(9)49(3)71(95)81-55-29-25-27-31-63(55)103-17)77(101)93(15)39-37-91(13)53(7)75(99)85-61-45-70(110-24)62(46-69(61)109-23)86-76(100)54(8)92(14)38-40-94(16)78(102)48(2)80-58-42-68(108-22)60(44-66(58)106-20)84-74(98)52(6)90(12)36-34-88(10)50(4)72(96)82-56-30-26-28-32-64(56)104-18/h25-32,41-54,79-80H,33-40H2,1-24H3,(H,81,95)(H,82,96)(H,83,97)(H,84,98)(H,85,99)(H,86,100)/t47-,48-,49-,50-,51-,52-,53-,54-/m0/s1. The second-order valence-electron chi connectivity index (χ2n) is 27.3. The van der Waals surface area contributed by atoms with Gasteiger partial charge in [-0.25, -0.2) is 0 Å². The van der Waals surface area contributed by atoms with Crippen molar-refractivity contribution in [3.05, 3.63) is 84.9 Å². The number of likely N-dealkylation sites (N-methyl/N-ethyl adjacent to an activating group) is 8. The molecule has 5 rings (SSSR count). The summed E-state index contributed by atoms with van der Waals surface area (Å²) in [6, 6.07) is 19.0. The monoisotopic (exact) mass is 1530 g/mol. The molecule has 0 radical (unpaired) electrons. The Hall–Kier alpha value is -10.4. The average molecular weight is 1540 g/mol. The van der Waals surface area contributed by atoms with E-state index in [1.165, 1.54) is 42.7 Å². The van der Waals surface area contributed by atoms with E-state index in [-0.39, 0.29) is 83.2 Å². The number of ether oxygens (including phenoxy) is 8. The highest BCUT2D eigenvalue weighted by atomic mass is 16.5. The van der Waals surface area contributed by atoms with Crippen LogP contribution in [0.1, 0.15) is 55.4 Å². The molecule has 0 aliphatic carbocycles. The molecule has 0 aliphatic heterocycles. The van der Waals surface area contributed by atoms with Crippen molar-refractivity contribution in [2.75, 3.05) is 208 Å². The molecule has 8 N–H and O–H groups in total. The first-order valence-corrected chi connectivity index (χ1v) is 36.3. The summed E-state index contributed by atoms with van der Waals surface area (Å²) in [4.78, 5) is 123. The van der Waals surface area contributed by atoms with Crippen LogP contribution in [0.5, 0.6) is 46.0 Å². The third-order valence-electron chi connectivity index (χ3n) is 20.0. The lowest BCUT2D eigenvalue weighted by Crippen LogP contribution is -2.46. The Bertz CT molecular complexity index is 3680. The van der Waals surface area contributed by atoms with Crippen molar-refractivity contribution in [1.29, 1.82) is 0 Å². The van der Waals surface area contributed by atoms with E-state index in [9.17, 15) is 38.4 Å². The smallest absolute Gasteiger partial charge is 0.244 e. The van der Waals surface area contributed by atoms with Gasteiger partial charge in [-0.1, -0.05) is 24.3 Å². The molecule has 0 aliphatic rings. The number of hydrogen-bond acceptors (Lipinski definition) is 24. The van der Waals surface area contributed by atoms with Crippen LogP contribution in [0.2, 0.25) is 0 Å². The van der Waals surface area contributed by atoms with Crippen molar-refractivity contribution in [2.24, 2.45) is 0 Å². The quantitative estimate of drug-likeness (QED) is 0.0203. The minimum Gasteiger partial charge on any atom is -0.495 e. The van der Waals surface area contributed by atoms with E-state index in [1.807, 2.05) is 85.9 Å². The van der Waals surface area contributed by atoms with E-state index in [1.54, 1.807) is 164 Å². The summed E-state index contributed by atoms with van der Waals surface area (Å²) in [6.45, 7) is 17.1. The van der Waals surface area contributed by atoms with Gasteiger partial charge in [-0.15, -0.1) is 0 Å². The molecule has 8 amide bonds. The van der Waals surface area contributed by atoms with Gasteiger partial charge < -0.3 is 90.2 Å². The molecule has 0 spiro atoms. The SMILES string of the molecule is COc1cc(NC(=O)[C@H](C)N(C)CCN(C)C(=O)[C@H](C)Nc2cc(OC)c(NC(=O)[C@H](C)N(C)CCN(C)[C@@H](C)C(=O)Nc3ccccc3OC)cc2OC)c(OC)cc1NC(=O)[C@H](C)N(C)CCN(C)C(=O)[C@H](C)Nc1cc(OC)c(NC(=O)[C@H](C)N(C)CCN(C)[C@@H](C)C(=O)Nc2ccccc2OC)cc1OC. The largest absolute Gasteiger partial charge is 0.495 e. The zero-order valence-corrected chi connectivity index (χ0v) is 68.5. The minimum atomic E-state index is -0.752. The lowest BCUT2D eigenvalue weighted by atomic mass is 10.2. The van der Waals surface area contributed by atoms with Gasteiger partial charge in [-0.2, -0.15) is 0 Å². The van der Waals surface area contributed by atoms with Crippen LogP contribution in [0.25, 0.3) is 0 Å². The van der Waals surface area contributed by atoms with Gasteiger partial charge in [-0.3, -0.25) is 67.8 Å². The minimum absolute atomic E-state index is 0.199. The van der Waals surface area contributed by atoms with E-state index in [4.69, 9.17) is 37.9 Å². The lowest BCUT2D eigenvalue weighted by Gasteiger charge is -2.29. The molecular formula is C78H118N16O16. The number of methoxy groups -OCH3 is 8. The van der Waals surface area contributed by atoms with Crippen molar-refractivity contribution in [3.63, 3.8) is 0 Å². The van der Waals surface area contributed by atoms with Gasteiger partial charge in [0.2, 0.25) is 47.3 Å². The molecule has 0 unspecified atom stereocenters. The van der Waals surface area contributed by atoms with Crippen LogP contribution < -0.4 is 80.4 Å². The fourth-order valence-electron chi connectivity index (χ4n) is 11.3. The number of anilines is 8. The second-order valence-corrected chi connectivity index (χ2v) is 27.3. The van der Waals surface area contributed by atoms with Crippen LogP contribution in [-0.2, 0) is 38.4 Å². The maximum atomic E-state index is 13.9. The summed E-state index contributed by atoms with van der Waals surface area (Å²) in [5.41, 5.74) is 3.32. The Morgan fingerprint density at radius 2 is 0.445 bits per heavy atom. The van der Waals surface area contributed by atoms with Crippen LogP contribution in [0.4, 0.5) is 45.5 Å². The molecule has 606 valence electrons. The molecule has 0 aromatic heterocycles. The summed E-state index contributed by atoms with van der Waals surface area (Å²) >= 11 is 0. The summed E-state index contributed by atoms with van der Waals surface area (Å²) in [5, 5.41) is 24.1. The topological polar surface area (TPSA) is 333 Å². The van der Waals surface area contributed by atoms with Crippen molar-refractivity contribution in [3.8, 4) is 46.0 Å². The first-order valence-electron chi connectivity index (χ1n) is 36.3. The zero-order chi connectivity index (χ0) is 82.0. The van der Waals surface area contributed by atoms with Gasteiger partial charge in [0, 0.05) is 103 Å². The van der Waals surface area contributed by atoms with Crippen molar-refractivity contribution in [2.45, 2.75) is 104 Å². The summed E-state index contributed by atoms with van der Waals surface area (Å²) < 4.78 is 45.0. The van der Waals surface area contributed by atoms with E-state index < -0.39 is 48.3 Å². The summed E-state index contributed by atoms with van der Waals surface area (Å²) in [7, 11) is 26.1. The molecule has 8 atom stereocenters. The summed E-state index contributed by atoms with van der Waals surface area (Å²) in [6.07, 6.45) is 0. The molecule has 0 saturated heterocycles. The third-order valence-corrected chi connectivity index (χ3v) is 20.0. The molecule has 0 fully saturated rings. The highest BCUT2D eigenvalue weighted by molar-refractivity contribution is 6.01. The number of carbonyl (C=O) groups is 8. The number of hydrogen-bond donors (Lipinski definition) is 8. The molecular weight excluding hydrogens is 1420 g/mol. The van der Waals surface area contributed by atoms with Gasteiger partial charge in [0.25, 0.3) is 0 Å². The lowest BCUT2D eigenvalue weighted by molar-refractivity contribution is -0.131. The fraction of sp³-hybridized carbons (Fsp3) is 0.513. The Morgan fingerprint density at radius 3 is 0.664 bits per heavy atom. The number of para-hydroxylation sites is 4. The van der Waals surface area contributed by atoms with Crippen molar-refractivity contribution in [1.82, 2.24) is 39.2 Å². The van der Waals surface area contributed by atoms with Crippen LogP contribution >= 0.6 is 0 Å². The Balaban J connectivity index is 1.08. The number of nitrogens with zero attached hydrogens (tertiary/aromatic N) is 8. The molecule has 5 aromatic rings. The molecule has 0 saturated carbocycles.